The molecule has 0 saturated heterocycles. The summed E-state index contributed by atoms with van der Waals surface area (Å²) in [5, 5.41) is 21.1. The first-order chi connectivity index (χ1) is 11.5. The molecule has 0 aliphatic carbocycles. The SMILES string of the molecule is CSc1sc(C(=N)N)cc1-c1nc(-c2ccc([N+](=O)[O-])cc2)cs1. The van der Waals surface area contributed by atoms with E-state index in [0.29, 0.717) is 0 Å². The molecule has 2 aromatic heterocycles. The van der Waals surface area contributed by atoms with E-state index in [2.05, 4.69) is 4.98 Å². The van der Waals surface area contributed by atoms with Gasteiger partial charge in [-0.05, 0) is 24.5 Å². The number of hydrogen-bond acceptors (Lipinski definition) is 7. The lowest BCUT2D eigenvalue weighted by molar-refractivity contribution is -0.384. The maximum atomic E-state index is 10.7. The van der Waals surface area contributed by atoms with Gasteiger partial charge in [0, 0.05) is 28.6 Å². The second-order valence-electron chi connectivity index (χ2n) is 4.77. The largest absolute Gasteiger partial charge is 0.383 e. The number of thioether (sulfide) groups is 1. The van der Waals surface area contributed by atoms with Crippen LogP contribution in [0.1, 0.15) is 4.88 Å². The van der Waals surface area contributed by atoms with Crippen molar-refractivity contribution in [3.63, 3.8) is 0 Å². The number of nitrogens with zero attached hydrogens (tertiary/aromatic N) is 2. The molecule has 2 heterocycles. The van der Waals surface area contributed by atoms with Crippen LogP contribution in [0.25, 0.3) is 21.8 Å². The van der Waals surface area contributed by atoms with Gasteiger partial charge in [-0.3, -0.25) is 15.5 Å². The van der Waals surface area contributed by atoms with E-state index in [4.69, 9.17) is 11.1 Å². The molecular weight excluding hydrogens is 364 g/mol. The highest BCUT2D eigenvalue weighted by atomic mass is 32.2. The minimum atomic E-state index is -0.421. The monoisotopic (exact) mass is 376 g/mol. The minimum absolute atomic E-state index is 0.0497. The third-order valence-electron chi connectivity index (χ3n) is 3.26. The maximum Gasteiger partial charge on any atom is 0.269 e. The van der Waals surface area contributed by atoms with Crippen LogP contribution in [0.5, 0.6) is 0 Å². The molecule has 0 saturated carbocycles. The van der Waals surface area contributed by atoms with E-state index in [0.717, 1.165) is 30.9 Å². The summed E-state index contributed by atoms with van der Waals surface area (Å²) in [6.07, 6.45) is 1.98. The lowest BCUT2D eigenvalue weighted by atomic mass is 10.1. The molecule has 0 bridgehead atoms. The molecule has 0 radical (unpaired) electrons. The lowest BCUT2D eigenvalue weighted by Crippen LogP contribution is -2.08. The Balaban J connectivity index is 1.96. The van der Waals surface area contributed by atoms with Crippen molar-refractivity contribution in [2.75, 3.05) is 6.26 Å². The third-order valence-corrected chi connectivity index (χ3v) is 6.44. The summed E-state index contributed by atoms with van der Waals surface area (Å²) in [4.78, 5) is 15.7. The number of nitro groups is 1. The molecule has 0 fully saturated rings. The zero-order chi connectivity index (χ0) is 17.3. The normalized spacial score (nSPS) is 10.7. The van der Waals surface area contributed by atoms with E-state index in [1.807, 2.05) is 17.7 Å². The van der Waals surface area contributed by atoms with Crippen molar-refractivity contribution >= 4 is 46.0 Å². The van der Waals surface area contributed by atoms with E-state index in [9.17, 15) is 10.1 Å². The smallest absolute Gasteiger partial charge is 0.269 e. The Kier molecular flexibility index (Phi) is 4.65. The van der Waals surface area contributed by atoms with Crippen LogP contribution in [0.4, 0.5) is 5.69 Å². The Morgan fingerprint density at radius 1 is 1.38 bits per heavy atom. The van der Waals surface area contributed by atoms with Gasteiger partial charge in [0.15, 0.2) is 0 Å². The molecule has 1 aromatic carbocycles. The van der Waals surface area contributed by atoms with Crippen LogP contribution in [0.3, 0.4) is 0 Å². The number of nitrogens with two attached hydrogens (primary N) is 1. The highest BCUT2D eigenvalue weighted by molar-refractivity contribution is 8.00. The van der Waals surface area contributed by atoms with Crippen molar-refractivity contribution in [3.05, 3.63) is 50.7 Å². The topological polar surface area (TPSA) is 106 Å². The van der Waals surface area contributed by atoms with Gasteiger partial charge in [0.05, 0.1) is 19.7 Å². The van der Waals surface area contributed by atoms with E-state index in [1.165, 1.54) is 34.8 Å². The molecule has 0 unspecified atom stereocenters. The third kappa shape index (κ3) is 3.18. The van der Waals surface area contributed by atoms with E-state index >= 15 is 0 Å². The average molecular weight is 376 g/mol. The first kappa shape index (κ1) is 16.6. The number of amidine groups is 1. The van der Waals surface area contributed by atoms with Gasteiger partial charge in [0.2, 0.25) is 0 Å². The fourth-order valence-electron chi connectivity index (χ4n) is 2.09. The fourth-order valence-corrected chi connectivity index (χ4v) is 4.80. The van der Waals surface area contributed by atoms with Crippen LogP contribution in [0, 0.1) is 15.5 Å². The van der Waals surface area contributed by atoms with Crippen LogP contribution in [-0.4, -0.2) is 22.0 Å². The van der Waals surface area contributed by atoms with Gasteiger partial charge in [-0.2, -0.15) is 0 Å². The number of hydrogen-bond donors (Lipinski definition) is 2. The van der Waals surface area contributed by atoms with Gasteiger partial charge < -0.3 is 5.73 Å². The Hall–Kier alpha value is -2.23. The summed E-state index contributed by atoms with van der Waals surface area (Å²) in [5.74, 6) is 0.0497. The second kappa shape index (κ2) is 6.71. The van der Waals surface area contributed by atoms with Crippen molar-refractivity contribution < 1.29 is 4.92 Å². The second-order valence-corrected chi connectivity index (χ2v) is 7.76. The molecule has 6 nitrogen and oxygen atoms in total. The van der Waals surface area contributed by atoms with Crippen LogP contribution >= 0.6 is 34.4 Å². The number of nitrogens with one attached hydrogen (secondary N) is 1. The average Bonchev–Trinajstić information content (AvgIpc) is 3.21. The van der Waals surface area contributed by atoms with Crippen LogP contribution in [0.15, 0.2) is 39.9 Å². The lowest BCUT2D eigenvalue weighted by Gasteiger charge is -1.97. The fraction of sp³-hybridized carbons (Fsp3) is 0.0667. The van der Waals surface area contributed by atoms with Crippen molar-refractivity contribution in [1.29, 1.82) is 5.41 Å². The van der Waals surface area contributed by atoms with Crippen molar-refractivity contribution in [1.82, 2.24) is 4.98 Å². The van der Waals surface area contributed by atoms with Crippen LogP contribution in [-0.2, 0) is 0 Å². The van der Waals surface area contributed by atoms with E-state index in [-0.39, 0.29) is 11.5 Å². The number of aromatic nitrogens is 1. The number of thiazole rings is 1. The van der Waals surface area contributed by atoms with Gasteiger partial charge in [-0.1, -0.05) is 0 Å². The number of nitro benzene ring substituents is 1. The molecule has 0 atom stereocenters. The predicted octanol–water partition coefficient (Wildman–Crippen LogP) is 4.45. The van der Waals surface area contributed by atoms with Crippen LogP contribution < -0.4 is 5.73 Å². The summed E-state index contributed by atoms with van der Waals surface area (Å²) in [7, 11) is 0. The van der Waals surface area contributed by atoms with Gasteiger partial charge in [0.25, 0.3) is 5.69 Å². The first-order valence-corrected chi connectivity index (χ1v) is 9.64. The molecule has 3 N–H and O–H groups in total. The highest BCUT2D eigenvalue weighted by Crippen LogP contribution is 2.40. The molecule has 0 aliphatic heterocycles. The number of non-ortho nitro benzene ring substituents is 1. The number of benzene rings is 1. The molecule has 0 aliphatic rings. The quantitative estimate of drug-likeness (QED) is 0.225. The zero-order valence-corrected chi connectivity index (χ0v) is 14.9. The summed E-state index contributed by atoms with van der Waals surface area (Å²) in [6.45, 7) is 0. The Labute approximate surface area is 150 Å². The highest BCUT2D eigenvalue weighted by Gasteiger charge is 2.16. The zero-order valence-electron chi connectivity index (χ0n) is 12.5. The van der Waals surface area contributed by atoms with Crippen molar-refractivity contribution in [2.45, 2.75) is 4.21 Å². The summed E-state index contributed by atoms with van der Waals surface area (Å²) < 4.78 is 1.06. The van der Waals surface area contributed by atoms with Gasteiger partial charge in [-0.25, -0.2) is 4.98 Å². The summed E-state index contributed by atoms with van der Waals surface area (Å²) >= 11 is 4.57. The summed E-state index contributed by atoms with van der Waals surface area (Å²) in [6, 6.07) is 8.22. The molecule has 0 amide bonds. The van der Waals surface area contributed by atoms with Crippen molar-refractivity contribution in [2.24, 2.45) is 5.73 Å². The predicted molar refractivity (Wildman–Crippen MR) is 100 cm³/mol. The van der Waals surface area contributed by atoms with E-state index in [1.54, 1.807) is 23.9 Å². The number of rotatable bonds is 5. The van der Waals surface area contributed by atoms with Gasteiger partial charge in [0.1, 0.15) is 10.8 Å². The molecule has 9 heteroatoms. The van der Waals surface area contributed by atoms with E-state index < -0.39 is 4.92 Å². The summed E-state index contributed by atoms with van der Waals surface area (Å²) in [5.41, 5.74) is 8.20. The molecular formula is C15H12N4O2S3. The van der Waals surface area contributed by atoms with Gasteiger partial charge >= 0.3 is 0 Å². The molecule has 24 heavy (non-hydrogen) atoms. The Bertz CT molecular complexity index is 915. The minimum Gasteiger partial charge on any atom is -0.383 e. The number of thiophene rings is 1. The molecule has 0 spiro atoms. The van der Waals surface area contributed by atoms with Crippen molar-refractivity contribution in [3.8, 4) is 21.8 Å². The van der Waals surface area contributed by atoms with Gasteiger partial charge in [-0.15, -0.1) is 34.4 Å². The maximum absolute atomic E-state index is 10.7. The van der Waals surface area contributed by atoms with Crippen LogP contribution in [0.2, 0.25) is 0 Å². The first-order valence-electron chi connectivity index (χ1n) is 6.72. The standard InChI is InChI=1S/C15H12N4O2S3/c1-22-15-10(6-12(24-15)13(16)17)14-18-11(7-23-14)8-2-4-9(5-3-8)19(20)21/h2-7H,1H3,(H3,16,17). The Morgan fingerprint density at radius 2 is 2.08 bits per heavy atom. The molecule has 3 rings (SSSR count). The number of nitrogen functional groups attached to an aromatic ring is 1. The molecule has 3 aromatic rings. The Morgan fingerprint density at radius 3 is 2.67 bits per heavy atom. The molecule has 122 valence electrons.